The number of hydrogen-bond acceptors (Lipinski definition) is 5. The maximum atomic E-state index is 13.1. The fourth-order valence-electron chi connectivity index (χ4n) is 3.07. The first-order valence-corrected chi connectivity index (χ1v) is 11.7. The summed E-state index contributed by atoms with van der Waals surface area (Å²) in [4.78, 5) is 44.5. The normalized spacial score (nSPS) is 11.5. The summed E-state index contributed by atoms with van der Waals surface area (Å²) in [5, 5.41) is 5.72. The van der Waals surface area contributed by atoms with Gasteiger partial charge in [0.05, 0.1) is 0 Å². The van der Waals surface area contributed by atoms with E-state index in [1.54, 1.807) is 81.8 Å². The topological polar surface area (TPSA) is 113 Å². The first-order chi connectivity index (χ1) is 16.6. The Morgan fingerprint density at radius 3 is 2.40 bits per heavy atom. The van der Waals surface area contributed by atoms with E-state index in [0.717, 1.165) is 11.1 Å². The SMILES string of the molecule is CC.CC(C)(C)OC(=O)NC(Cc1cccc(Cl)c1)C(=O)Nc1cc(-c2ccncc2)c[nH]c1=O. The average Bonchev–Trinajstić information content (AvgIpc) is 2.81. The van der Waals surface area contributed by atoms with Crippen LogP contribution in [0.3, 0.4) is 0 Å². The van der Waals surface area contributed by atoms with Crippen LogP contribution < -0.4 is 16.2 Å². The van der Waals surface area contributed by atoms with Crippen molar-refractivity contribution in [3.8, 4) is 11.1 Å². The highest BCUT2D eigenvalue weighted by Crippen LogP contribution is 2.19. The molecule has 0 fully saturated rings. The number of carbonyl (C=O) groups is 2. The molecule has 8 nitrogen and oxygen atoms in total. The molecule has 0 aliphatic heterocycles. The molecule has 186 valence electrons. The van der Waals surface area contributed by atoms with Crippen molar-refractivity contribution in [2.75, 3.05) is 5.32 Å². The molecule has 1 unspecified atom stereocenters. The van der Waals surface area contributed by atoms with Gasteiger partial charge in [0.15, 0.2) is 0 Å². The lowest BCUT2D eigenvalue weighted by Gasteiger charge is -2.23. The molecule has 35 heavy (non-hydrogen) atoms. The van der Waals surface area contributed by atoms with Gasteiger partial charge in [-0.15, -0.1) is 0 Å². The highest BCUT2D eigenvalue weighted by molar-refractivity contribution is 6.30. The summed E-state index contributed by atoms with van der Waals surface area (Å²) >= 11 is 6.06. The van der Waals surface area contributed by atoms with Gasteiger partial charge in [-0.1, -0.05) is 37.6 Å². The Morgan fingerprint density at radius 1 is 1.09 bits per heavy atom. The number of hydrogen-bond donors (Lipinski definition) is 3. The number of nitrogens with one attached hydrogen (secondary N) is 3. The highest BCUT2D eigenvalue weighted by atomic mass is 35.5. The second-order valence-corrected chi connectivity index (χ2v) is 8.83. The second-order valence-electron chi connectivity index (χ2n) is 8.39. The third kappa shape index (κ3) is 8.90. The molecule has 3 N–H and O–H groups in total. The predicted molar refractivity (Wildman–Crippen MR) is 139 cm³/mol. The van der Waals surface area contributed by atoms with E-state index in [2.05, 4.69) is 20.6 Å². The summed E-state index contributed by atoms with van der Waals surface area (Å²) in [6, 6.07) is 11.1. The van der Waals surface area contributed by atoms with Crippen LogP contribution in [0.2, 0.25) is 5.02 Å². The molecule has 9 heteroatoms. The number of H-pyrrole nitrogens is 1. The van der Waals surface area contributed by atoms with E-state index in [0.29, 0.717) is 10.6 Å². The lowest BCUT2D eigenvalue weighted by atomic mass is 10.0. The van der Waals surface area contributed by atoms with Gasteiger partial charge in [0.2, 0.25) is 5.91 Å². The maximum absolute atomic E-state index is 13.1. The molecular weight excluding hydrogens is 468 g/mol. The average molecular weight is 499 g/mol. The number of rotatable bonds is 6. The van der Waals surface area contributed by atoms with Gasteiger partial charge in [-0.25, -0.2) is 4.79 Å². The number of benzene rings is 1. The number of pyridine rings is 2. The van der Waals surface area contributed by atoms with Gasteiger partial charge in [0.1, 0.15) is 17.3 Å². The highest BCUT2D eigenvalue weighted by Gasteiger charge is 2.25. The van der Waals surface area contributed by atoms with E-state index >= 15 is 0 Å². The molecule has 3 rings (SSSR count). The molecule has 3 aromatic rings. The van der Waals surface area contributed by atoms with E-state index in [4.69, 9.17) is 16.3 Å². The molecule has 1 atom stereocenters. The van der Waals surface area contributed by atoms with Crippen LogP contribution in [0.1, 0.15) is 40.2 Å². The fraction of sp³-hybridized carbons (Fsp3) is 0.308. The van der Waals surface area contributed by atoms with Gasteiger partial charge in [0, 0.05) is 35.6 Å². The van der Waals surface area contributed by atoms with Gasteiger partial charge in [0.25, 0.3) is 5.56 Å². The fourth-order valence-corrected chi connectivity index (χ4v) is 3.28. The van der Waals surface area contributed by atoms with Crippen LogP contribution in [-0.2, 0) is 16.0 Å². The quantitative estimate of drug-likeness (QED) is 0.432. The summed E-state index contributed by atoms with van der Waals surface area (Å²) in [5.41, 5.74) is 1.09. The molecule has 2 aromatic heterocycles. The Morgan fingerprint density at radius 2 is 1.77 bits per heavy atom. The summed E-state index contributed by atoms with van der Waals surface area (Å²) < 4.78 is 5.30. The first kappa shape index (κ1) is 27.6. The monoisotopic (exact) mass is 498 g/mol. The van der Waals surface area contributed by atoms with Crippen molar-refractivity contribution >= 4 is 29.3 Å². The number of aromatic amines is 1. The predicted octanol–water partition coefficient (Wildman–Crippen LogP) is 5.19. The minimum atomic E-state index is -1.01. The zero-order valence-electron chi connectivity index (χ0n) is 20.5. The Balaban J connectivity index is 0.00000210. The van der Waals surface area contributed by atoms with E-state index in [1.165, 1.54) is 0 Å². The lowest BCUT2D eigenvalue weighted by molar-refractivity contribution is -0.118. The second kappa shape index (κ2) is 12.7. The van der Waals surface area contributed by atoms with E-state index in [1.807, 2.05) is 13.8 Å². The van der Waals surface area contributed by atoms with Crippen LogP contribution in [0.4, 0.5) is 10.5 Å². The molecule has 2 amide bonds. The summed E-state index contributed by atoms with van der Waals surface area (Å²) in [5.74, 6) is -0.571. The van der Waals surface area contributed by atoms with Gasteiger partial charge in [-0.3, -0.25) is 14.6 Å². The lowest BCUT2D eigenvalue weighted by Crippen LogP contribution is -2.47. The molecule has 0 spiro atoms. The van der Waals surface area contributed by atoms with E-state index < -0.39 is 29.2 Å². The number of aromatic nitrogens is 2. The third-order valence-corrected chi connectivity index (χ3v) is 4.75. The van der Waals surface area contributed by atoms with Crippen molar-refractivity contribution in [1.82, 2.24) is 15.3 Å². The molecule has 0 radical (unpaired) electrons. The molecule has 1 aromatic carbocycles. The van der Waals surface area contributed by atoms with Crippen LogP contribution in [0.15, 0.2) is 65.8 Å². The third-order valence-electron chi connectivity index (χ3n) is 4.51. The van der Waals surface area contributed by atoms with Crippen LogP contribution in [-0.4, -0.2) is 33.6 Å². The number of halogens is 1. The van der Waals surface area contributed by atoms with Crippen LogP contribution >= 0.6 is 11.6 Å². The van der Waals surface area contributed by atoms with Crippen LogP contribution in [0.5, 0.6) is 0 Å². The number of alkyl carbamates (subject to hydrolysis) is 1. The molecule has 0 saturated carbocycles. The van der Waals surface area contributed by atoms with Crippen molar-refractivity contribution in [2.24, 2.45) is 0 Å². The minimum absolute atomic E-state index is 0.0522. The Hall–Kier alpha value is -3.65. The maximum Gasteiger partial charge on any atom is 0.408 e. The van der Waals surface area contributed by atoms with Crippen LogP contribution in [0.25, 0.3) is 11.1 Å². The Labute approximate surface area is 210 Å². The van der Waals surface area contributed by atoms with Crippen molar-refractivity contribution < 1.29 is 14.3 Å². The Kier molecular flexibility index (Phi) is 10.0. The molecular formula is C26H31ClN4O4. The number of carbonyl (C=O) groups excluding carboxylic acids is 2. The zero-order valence-corrected chi connectivity index (χ0v) is 21.3. The van der Waals surface area contributed by atoms with E-state index in [-0.39, 0.29) is 12.1 Å². The molecule has 2 heterocycles. The molecule has 0 saturated heterocycles. The summed E-state index contributed by atoms with van der Waals surface area (Å²) in [7, 11) is 0. The van der Waals surface area contributed by atoms with Crippen molar-refractivity contribution in [1.29, 1.82) is 0 Å². The number of ether oxygens (including phenoxy) is 1. The summed E-state index contributed by atoms with van der Waals surface area (Å²) in [6.45, 7) is 9.17. The largest absolute Gasteiger partial charge is 0.444 e. The number of anilines is 1. The van der Waals surface area contributed by atoms with Gasteiger partial charge < -0.3 is 20.4 Å². The van der Waals surface area contributed by atoms with Gasteiger partial charge in [-0.05, 0) is 62.2 Å². The standard InChI is InChI=1S/C24H25ClN4O4.C2H6/c1-24(2,3)33-23(32)29-19(12-15-5-4-6-18(25)11-15)22(31)28-20-13-17(14-27-21(20)30)16-7-9-26-10-8-16;1-2/h4-11,13-14,19H,12H2,1-3H3,(H,27,30)(H,28,31)(H,29,32);1-2H3. The van der Waals surface area contributed by atoms with Gasteiger partial charge in [-0.2, -0.15) is 0 Å². The molecule has 0 aliphatic carbocycles. The van der Waals surface area contributed by atoms with Gasteiger partial charge >= 0.3 is 6.09 Å². The first-order valence-electron chi connectivity index (χ1n) is 11.3. The number of nitrogens with zero attached hydrogens (tertiary/aromatic N) is 1. The summed E-state index contributed by atoms with van der Waals surface area (Å²) in [6.07, 6.45) is 4.21. The van der Waals surface area contributed by atoms with Crippen LogP contribution in [0, 0.1) is 0 Å². The van der Waals surface area contributed by atoms with Crippen molar-refractivity contribution in [2.45, 2.75) is 52.7 Å². The molecule has 0 aliphatic rings. The molecule has 0 bridgehead atoms. The van der Waals surface area contributed by atoms with E-state index in [9.17, 15) is 14.4 Å². The van der Waals surface area contributed by atoms with Crippen molar-refractivity contribution in [3.63, 3.8) is 0 Å². The smallest absolute Gasteiger partial charge is 0.408 e. The Bertz CT molecular complexity index is 1190. The van der Waals surface area contributed by atoms with Crippen molar-refractivity contribution in [3.05, 3.63) is 82.0 Å². The number of amides is 2. The minimum Gasteiger partial charge on any atom is -0.444 e. The zero-order chi connectivity index (χ0) is 26.0.